The van der Waals surface area contributed by atoms with Gasteiger partial charge in [0.1, 0.15) is 60.8 Å². The fourth-order valence-electron chi connectivity index (χ4n) is 4.45. The Labute approximate surface area is 211 Å². The van der Waals surface area contributed by atoms with Gasteiger partial charge in [0.05, 0.1) is 12.7 Å². The molecular formula is C24H39NO11. The van der Waals surface area contributed by atoms with E-state index in [1.807, 2.05) is 0 Å². The molecule has 0 unspecified atom stereocenters. The lowest BCUT2D eigenvalue weighted by molar-refractivity contribution is -0.353. The van der Waals surface area contributed by atoms with Crippen LogP contribution in [0.15, 0.2) is 24.3 Å². The highest BCUT2D eigenvalue weighted by molar-refractivity contribution is 5.31. The van der Waals surface area contributed by atoms with Crippen LogP contribution in [-0.2, 0) is 33.2 Å². The Hall–Kier alpha value is -1.58. The average molecular weight is 518 g/mol. The van der Waals surface area contributed by atoms with E-state index in [4.69, 9.17) is 48.4 Å². The van der Waals surface area contributed by atoms with Crippen molar-refractivity contribution < 1.29 is 52.8 Å². The normalized spacial score (nSPS) is 37.0. The Kier molecular flexibility index (Phi) is 11.1. The summed E-state index contributed by atoms with van der Waals surface area (Å²) in [5, 5.41) is 21.3. The smallest absolute Gasteiger partial charge is 0.229 e. The second-order valence-electron chi connectivity index (χ2n) is 8.62. The summed E-state index contributed by atoms with van der Waals surface area (Å²) in [6, 6.07) is 7.07. The van der Waals surface area contributed by atoms with E-state index < -0.39 is 61.4 Å². The average Bonchev–Trinajstić information content (AvgIpc) is 2.87. The molecule has 12 nitrogen and oxygen atoms in total. The van der Waals surface area contributed by atoms with Crippen LogP contribution in [0.25, 0.3) is 0 Å². The van der Waals surface area contributed by atoms with Gasteiger partial charge in [-0.2, -0.15) is 0 Å². The fourth-order valence-corrected chi connectivity index (χ4v) is 4.45. The molecule has 206 valence electrons. The number of benzene rings is 1. The van der Waals surface area contributed by atoms with Gasteiger partial charge in [-0.3, -0.25) is 0 Å². The highest BCUT2D eigenvalue weighted by Crippen LogP contribution is 2.33. The van der Waals surface area contributed by atoms with Crippen LogP contribution < -0.4 is 15.2 Å². The SMILES string of the molecule is COC[C@H]1O[C@@H](O[C@@H]2[C@@H](OC)[C@@H](OC)[C@H](Oc3ccc(OCCN)cc3)O[C@H]2C)[C@H](O)[C@@H](OC)[C@@H]1O. The second-order valence-corrected chi connectivity index (χ2v) is 8.62. The molecule has 2 heterocycles. The number of hydrogen-bond acceptors (Lipinski definition) is 12. The third-order valence-corrected chi connectivity index (χ3v) is 6.27. The number of methoxy groups -OCH3 is 4. The molecule has 12 heteroatoms. The highest BCUT2D eigenvalue weighted by Gasteiger charge is 2.51. The molecule has 1 aromatic rings. The molecule has 0 aliphatic carbocycles. The van der Waals surface area contributed by atoms with E-state index in [0.29, 0.717) is 24.7 Å². The lowest BCUT2D eigenvalue weighted by atomic mass is 9.97. The summed E-state index contributed by atoms with van der Waals surface area (Å²) in [6.07, 6.45) is -8.57. The quantitative estimate of drug-likeness (QED) is 0.333. The van der Waals surface area contributed by atoms with Crippen molar-refractivity contribution >= 4 is 0 Å². The van der Waals surface area contributed by atoms with E-state index in [1.165, 1.54) is 28.4 Å². The van der Waals surface area contributed by atoms with Crippen molar-refractivity contribution in [2.24, 2.45) is 5.73 Å². The first-order chi connectivity index (χ1) is 17.4. The summed E-state index contributed by atoms with van der Waals surface area (Å²) < 4.78 is 51.6. The van der Waals surface area contributed by atoms with Gasteiger partial charge in [0.2, 0.25) is 6.29 Å². The zero-order valence-electron chi connectivity index (χ0n) is 21.4. The highest BCUT2D eigenvalue weighted by atomic mass is 16.8. The fraction of sp³-hybridized carbons (Fsp3) is 0.750. The Morgan fingerprint density at radius 2 is 1.44 bits per heavy atom. The Bertz CT molecular complexity index is 769. The Balaban J connectivity index is 1.72. The molecule has 0 amide bonds. The molecule has 3 rings (SSSR count). The Morgan fingerprint density at radius 3 is 2.03 bits per heavy atom. The molecule has 0 bridgehead atoms. The molecule has 2 fully saturated rings. The second kappa shape index (κ2) is 13.8. The van der Waals surface area contributed by atoms with Gasteiger partial charge >= 0.3 is 0 Å². The molecule has 0 saturated carbocycles. The van der Waals surface area contributed by atoms with E-state index in [9.17, 15) is 10.2 Å². The summed E-state index contributed by atoms with van der Waals surface area (Å²) in [7, 11) is 5.93. The molecule has 10 atom stereocenters. The first kappa shape index (κ1) is 29.0. The van der Waals surface area contributed by atoms with Gasteiger partial charge < -0.3 is 58.6 Å². The van der Waals surface area contributed by atoms with E-state index in [-0.39, 0.29) is 6.61 Å². The van der Waals surface area contributed by atoms with Crippen LogP contribution in [0, 0.1) is 0 Å². The van der Waals surface area contributed by atoms with E-state index in [1.54, 1.807) is 31.2 Å². The van der Waals surface area contributed by atoms with Gasteiger partial charge in [-0.15, -0.1) is 0 Å². The Morgan fingerprint density at radius 1 is 0.806 bits per heavy atom. The summed E-state index contributed by atoms with van der Waals surface area (Å²) in [6.45, 7) is 2.73. The van der Waals surface area contributed by atoms with E-state index in [2.05, 4.69) is 0 Å². The maximum Gasteiger partial charge on any atom is 0.229 e. The number of ether oxygens (including phenoxy) is 9. The van der Waals surface area contributed by atoms with Crippen LogP contribution in [0.2, 0.25) is 0 Å². The largest absolute Gasteiger partial charge is 0.492 e. The van der Waals surface area contributed by atoms with E-state index in [0.717, 1.165) is 0 Å². The molecule has 0 spiro atoms. The molecule has 0 radical (unpaired) electrons. The monoisotopic (exact) mass is 517 g/mol. The predicted octanol–water partition coefficient (Wildman–Crippen LogP) is -0.329. The minimum Gasteiger partial charge on any atom is -0.492 e. The lowest BCUT2D eigenvalue weighted by Crippen LogP contribution is -2.65. The summed E-state index contributed by atoms with van der Waals surface area (Å²) in [5.74, 6) is 1.23. The van der Waals surface area contributed by atoms with Crippen molar-refractivity contribution in [1.82, 2.24) is 0 Å². The molecule has 2 aliphatic rings. The molecule has 2 saturated heterocycles. The maximum atomic E-state index is 10.8. The summed E-state index contributed by atoms with van der Waals surface area (Å²) in [5.41, 5.74) is 5.47. The van der Waals surface area contributed by atoms with Crippen molar-refractivity contribution in [1.29, 1.82) is 0 Å². The lowest BCUT2D eigenvalue weighted by Gasteiger charge is -2.47. The van der Waals surface area contributed by atoms with Gasteiger partial charge in [-0.1, -0.05) is 0 Å². The van der Waals surface area contributed by atoms with Crippen LogP contribution in [-0.4, -0.2) is 120 Å². The van der Waals surface area contributed by atoms with Crippen LogP contribution in [0.5, 0.6) is 11.5 Å². The zero-order chi connectivity index (χ0) is 26.2. The van der Waals surface area contributed by atoms with Crippen LogP contribution in [0.1, 0.15) is 6.92 Å². The van der Waals surface area contributed by atoms with Crippen molar-refractivity contribution in [2.75, 3.05) is 48.2 Å². The summed E-state index contributed by atoms with van der Waals surface area (Å²) >= 11 is 0. The summed E-state index contributed by atoms with van der Waals surface area (Å²) in [4.78, 5) is 0. The topological polar surface area (TPSA) is 150 Å². The van der Waals surface area contributed by atoms with Crippen LogP contribution >= 0.6 is 0 Å². The van der Waals surface area contributed by atoms with Gasteiger partial charge in [0.25, 0.3) is 0 Å². The number of aliphatic hydroxyl groups is 2. The standard InChI is InChI=1S/C24H39NO11/c1-13-19(36-23-18(27)20(29-3)17(26)16(35-23)12-28-2)21(30-4)22(31-5)24(33-13)34-15-8-6-14(7-9-15)32-11-10-25/h6-9,13,16-24,26-27H,10-12,25H2,1-5H3/t13-,16+,17+,18+,19-,20-,21+,22+,23-,24-/m0/s1. The van der Waals surface area contributed by atoms with E-state index >= 15 is 0 Å². The zero-order valence-corrected chi connectivity index (χ0v) is 21.4. The van der Waals surface area contributed by atoms with Crippen molar-refractivity contribution in [3.8, 4) is 11.5 Å². The van der Waals surface area contributed by atoms with Crippen molar-refractivity contribution in [2.45, 2.75) is 68.3 Å². The maximum absolute atomic E-state index is 10.8. The third kappa shape index (κ3) is 6.64. The van der Waals surface area contributed by atoms with Gasteiger partial charge in [-0.25, -0.2) is 0 Å². The van der Waals surface area contributed by atoms with Crippen LogP contribution in [0.4, 0.5) is 0 Å². The molecule has 1 aromatic carbocycles. The van der Waals surface area contributed by atoms with Gasteiger partial charge in [0, 0.05) is 35.0 Å². The van der Waals surface area contributed by atoms with Gasteiger partial charge in [0.15, 0.2) is 6.29 Å². The number of aliphatic hydroxyl groups excluding tert-OH is 2. The van der Waals surface area contributed by atoms with Gasteiger partial charge in [-0.05, 0) is 31.2 Å². The molecule has 2 aliphatic heterocycles. The third-order valence-electron chi connectivity index (χ3n) is 6.27. The molecular weight excluding hydrogens is 478 g/mol. The minimum atomic E-state index is -1.27. The predicted molar refractivity (Wildman–Crippen MR) is 126 cm³/mol. The first-order valence-electron chi connectivity index (χ1n) is 11.9. The molecule has 36 heavy (non-hydrogen) atoms. The minimum absolute atomic E-state index is 0.0880. The number of rotatable bonds is 12. The number of nitrogens with two attached hydrogens (primary N) is 1. The van der Waals surface area contributed by atoms with Crippen LogP contribution in [0.3, 0.4) is 0 Å². The molecule has 4 N–H and O–H groups in total. The number of hydrogen-bond donors (Lipinski definition) is 3. The van der Waals surface area contributed by atoms with Crippen molar-refractivity contribution in [3.63, 3.8) is 0 Å². The molecule has 0 aromatic heterocycles. The van der Waals surface area contributed by atoms with Crippen molar-refractivity contribution in [3.05, 3.63) is 24.3 Å². The first-order valence-corrected chi connectivity index (χ1v) is 11.9.